The molecule has 2 rings (SSSR count). The van der Waals surface area contributed by atoms with Crippen molar-refractivity contribution >= 4 is 17.6 Å². The first-order valence-corrected chi connectivity index (χ1v) is 6.85. The van der Waals surface area contributed by atoms with Crippen LogP contribution in [-0.4, -0.2) is 36.5 Å². The summed E-state index contributed by atoms with van der Waals surface area (Å²) in [4.78, 5) is 24.7. The largest absolute Gasteiger partial charge is 0.396 e. The van der Waals surface area contributed by atoms with Crippen LogP contribution in [0, 0.1) is 11.7 Å². The molecule has 1 heterocycles. The summed E-state index contributed by atoms with van der Waals surface area (Å²) in [5.41, 5.74) is 10.8. The van der Waals surface area contributed by atoms with E-state index in [0.717, 1.165) is 18.9 Å². The van der Waals surface area contributed by atoms with E-state index < -0.39 is 11.8 Å². The first-order valence-electron chi connectivity index (χ1n) is 6.85. The number of anilines is 1. The Morgan fingerprint density at radius 2 is 2.19 bits per heavy atom. The Bertz CT molecular complexity index is 550. The SMILES string of the molecule is NC(=O)NCC1CCCN(C(=O)c2ccc(N)c(F)c2)C1. The van der Waals surface area contributed by atoms with E-state index in [-0.39, 0.29) is 23.1 Å². The zero-order valence-electron chi connectivity index (χ0n) is 11.6. The van der Waals surface area contributed by atoms with Crippen molar-refractivity contribution in [1.29, 1.82) is 0 Å². The fraction of sp³-hybridized carbons (Fsp3) is 0.429. The quantitative estimate of drug-likeness (QED) is 0.723. The predicted molar refractivity (Wildman–Crippen MR) is 77.0 cm³/mol. The Hall–Kier alpha value is -2.31. The molecule has 3 amide bonds. The molecular weight excluding hydrogens is 275 g/mol. The molecule has 0 spiro atoms. The molecular formula is C14H19FN4O2. The van der Waals surface area contributed by atoms with Gasteiger partial charge >= 0.3 is 6.03 Å². The fourth-order valence-corrected chi connectivity index (χ4v) is 2.50. The highest BCUT2D eigenvalue weighted by Gasteiger charge is 2.25. The van der Waals surface area contributed by atoms with Crippen molar-refractivity contribution < 1.29 is 14.0 Å². The lowest BCUT2D eigenvalue weighted by Crippen LogP contribution is -2.44. The summed E-state index contributed by atoms with van der Waals surface area (Å²) in [6.07, 6.45) is 1.76. The number of nitrogens with two attached hydrogens (primary N) is 2. The Morgan fingerprint density at radius 3 is 2.86 bits per heavy atom. The van der Waals surface area contributed by atoms with Crippen molar-refractivity contribution in [2.24, 2.45) is 11.7 Å². The number of nitrogens with one attached hydrogen (secondary N) is 1. The van der Waals surface area contributed by atoms with Gasteiger partial charge in [0.25, 0.3) is 5.91 Å². The van der Waals surface area contributed by atoms with Crippen LogP contribution < -0.4 is 16.8 Å². The topological polar surface area (TPSA) is 101 Å². The van der Waals surface area contributed by atoms with Gasteiger partial charge in [-0.1, -0.05) is 0 Å². The van der Waals surface area contributed by atoms with Gasteiger partial charge < -0.3 is 21.7 Å². The maximum absolute atomic E-state index is 13.4. The molecule has 0 aromatic heterocycles. The number of urea groups is 1. The lowest BCUT2D eigenvalue weighted by atomic mass is 9.97. The highest BCUT2D eigenvalue weighted by Crippen LogP contribution is 2.19. The molecule has 6 nitrogen and oxygen atoms in total. The first-order chi connectivity index (χ1) is 9.97. The lowest BCUT2D eigenvalue weighted by Gasteiger charge is -2.32. The van der Waals surface area contributed by atoms with Crippen molar-refractivity contribution in [1.82, 2.24) is 10.2 Å². The van der Waals surface area contributed by atoms with E-state index in [2.05, 4.69) is 5.32 Å². The van der Waals surface area contributed by atoms with Crippen molar-refractivity contribution in [2.75, 3.05) is 25.4 Å². The van der Waals surface area contributed by atoms with E-state index in [9.17, 15) is 14.0 Å². The van der Waals surface area contributed by atoms with Crippen LogP contribution in [0.4, 0.5) is 14.9 Å². The molecule has 21 heavy (non-hydrogen) atoms. The number of nitrogen functional groups attached to an aromatic ring is 1. The molecule has 1 aliphatic rings. The summed E-state index contributed by atoms with van der Waals surface area (Å²) in [5, 5.41) is 2.56. The van der Waals surface area contributed by atoms with Gasteiger partial charge in [-0.3, -0.25) is 4.79 Å². The van der Waals surface area contributed by atoms with Crippen LogP contribution in [0.15, 0.2) is 18.2 Å². The summed E-state index contributed by atoms with van der Waals surface area (Å²) in [5.74, 6) is -0.656. The van der Waals surface area contributed by atoms with Gasteiger partial charge in [-0.25, -0.2) is 9.18 Å². The number of amides is 3. The van der Waals surface area contributed by atoms with Gasteiger partial charge in [0, 0.05) is 25.2 Å². The number of halogens is 1. The van der Waals surface area contributed by atoms with Gasteiger partial charge in [0.1, 0.15) is 5.82 Å². The molecule has 1 aromatic carbocycles. The van der Waals surface area contributed by atoms with E-state index in [1.165, 1.54) is 12.1 Å². The van der Waals surface area contributed by atoms with Crippen LogP contribution in [0.1, 0.15) is 23.2 Å². The third-order valence-electron chi connectivity index (χ3n) is 3.62. The number of hydrogen-bond donors (Lipinski definition) is 3. The molecule has 1 aromatic rings. The third kappa shape index (κ3) is 3.84. The molecule has 1 aliphatic heterocycles. The summed E-state index contributed by atoms with van der Waals surface area (Å²) in [7, 11) is 0. The standard InChI is InChI=1S/C14H19FN4O2/c15-11-6-10(3-4-12(11)16)13(20)19-5-1-2-9(8-19)7-18-14(17)21/h3-4,6,9H,1-2,5,7-8,16H2,(H3,17,18,21). The zero-order chi connectivity index (χ0) is 15.4. The second-order valence-electron chi connectivity index (χ2n) is 5.24. The number of carbonyl (C=O) groups excluding carboxylic acids is 2. The van der Waals surface area contributed by atoms with E-state index in [4.69, 9.17) is 11.5 Å². The van der Waals surface area contributed by atoms with Crippen LogP contribution in [-0.2, 0) is 0 Å². The maximum atomic E-state index is 13.4. The smallest absolute Gasteiger partial charge is 0.312 e. The molecule has 0 saturated carbocycles. The average Bonchev–Trinajstić information content (AvgIpc) is 2.47. The van der Waals surface area contributed by atoms with Crippen molar-refractivity contribution in [3.8, 4) is 0 Å². The predicted octanol–water partition coefficient (Wildman–Crippen LogP) is 0.928. The van der Waals surface area contributed by atoms with E-state index >= 15 is 0 Å². The molecule has 0 bridgehead atoms. The Morgan fingerprint density at radius 1 is 1.43 bits per heavy atom. The van der Waals surface area contributed by atoms with Crippen LogP contribution in [0.2, 0.25) is 0 Å². The number of nitrogens with zero attached hydrogens (tertiary/aromatic N) is 1. The monoisotopic (exact) mass is 294 g/mol. The number of primary amides is 1. The third-order valence-corrected chi connectivity index (χ3v) is 3.62. The second kappa shape index (κ2) is 6.43. The summed E-state index contributed by atoms with van der Waals surface area (Å²) < 4.78 is 13.4. The van der Waals surface area contributed by atoms with E-state index in [1.807, 2.05) is 0 Å². The second-order valence-corrected chi connectivity index (χ2v) is 5.24. The van der Waals surface area contributed by atoms with Gasteiger partial charge in [-0.05, 0) is 37.0 Å². The Balaban J connectivity index is 2.01. The minimum Gasteiger partial charge on any atom is -0.396 e. The molecule has 114 valence electrons. The van der Waals surface area contributed by atoms with Crippen molar-refractivity contribution in [3.63, 3.8) is 0 Å². The van der Waals surface area contributed by atoms with Crippen LogP contribution >= 0.6 is 0 Å². The number of hydrogen-bond acceptors (Lipinski definition) is 3. The molecule has 7 heteroatoms. The fourth-order valence-electron chi connectivity index (χ4n) is 2.50. The molecule has 1 atom stereocenters. The maximum Gasteiger partial charge on any atom is 0.312 e. The van der Waals surface area contributed by atoms with E-state index in [0.29, 0.717) is 19.6 Å². The molecule has 1 fully saturated rings. The molecule has 0 aliphatic carbocycles. The Kier molecular flexibility index (Phi) is 4.62. The average molecular weight is 294 g/mol. The summed E-state index contributed by atoms with van der Waals surface area (Å²) in [6, 6.07) is 3.49. The minimum atomic E-state index is -0.593. The van der Waals surface area contributed by atoms with Gasteiger partial charge in [-0.2, -0.15) is 0 Å². The molecule has 0 radical (unpaired) electrons. The highest BCUT2D eigenvalue weighted by molar-refractivity contribution is 5.94. The van der Waals surface area contributed by atoms with Gasteiger partial charge in [0.2, 0.25) is 0 Å². The molecule has 1 saturated heterocycles. The van der Waals surface area contributed by atoms with E-state index in [1.54, 1.807) is 4.90 Å². The number of benzene rings is 1. The zero-order valence-corrected chi connectivity index (χ0v) is 11.6. The highest BCUT2D eigenvalue weighted by atomic mass is 19.1. The summed E-state index contributed by atoms with van der Waals surface area (Å²) in [6.45, 7) is 1.58. The van der Waals surface area contributed by atoms with Gasteiger partial charge in [-0.15, -0.1) is 0 Å². The molecule has 5 N–H and O–H groups in total. The van der Waals surface area contributed by atoms with Gasteiger partial charge in [0.15, 0.2) is 0 Å². The van der Waals surface area contributed by atoms with Crippen molar-refractivity contribution in [3.05, 3.63) is 29.6 Å². The molecule has 1 unspecified atom stereocenters. The number of likely N-dealkylation sites (tertiary alicyclic amines) is 1. The normalized spacial score (nSPS) is 18.3. The minimum absolute atomic E-state index is 0.0220. The summed E-state index contributed by atoms with van der Waals surface area (Å²) >= 11 is 0. The Labute approximate surface area is 122 Å². The van der Waals surface area contributed by atoms with Crippen molar-refractivity contribution in [2.45, 2.75) is 12.8 Å². The van der Waals surface area contributed by atoms with Crippen LogP contribution in [0.25, 0.3) is 0 Å². The van der Waals surface area contributed by atoms with Crippen LogP contribution in [0.3, 0.4) is 0 Å². The first kappa shape index (κ1) is 15.1. The number of piperidine rings is 1. The number of carbonyl (C=O) groups is 2. The van der Waals surface area contributed by atoms with Crippen LogP contribution in [0.5, 0.6) is 0 Å². The van der Waals surface area contributed by atoms with Gasteiger partial charge in [0.05, 0.1) is 5.69 Å². The number of rotatable bonds is 3. The lowest BCUT2D eigenvalue weighted by molar-refractivity contribution is 0.0674.